The first-order chi connectivity index (χ1) is 15.9. The molecule has 0 fully saturated rings. The van der Waals surface area contributed by atoms with Gasteiger partial charge in [0.25, 0.3) is 11.6 Å². The maximum atomic E-state index is 12.6. The number of carbonyl (C=O) groups is 2. The van der Waals surface area contributed by atoms with Crippen molar-refractivity contribution in [2.24, 2.45) is 0 Å². The van der Waals surface area contributed by atoms with E-state index < -0.39 is 16.7 Å². The Morgan fingerprint density at radius 2 is 2.00 bits per heavy atom. The summed E-state index contributed by atoms with van der Waals surface area (Å²) < 4.78 is 11.2. The molecule has 0 atom stereocenters. The van der Waals surface area contributed by atoms with Gasteiger partial charge in [0.2, 0.25) is 5.91 Å². The van der Waals surface area contributed by atoms with Crippen molar-refractivity contribution in [2.45, 2.75) is 20.4 Å². The van der Waals surface area contributed by atoms with Gasteiger partial charge in [-0.05, 0) is 25.2 Å². The third-order valence-corrected chi connectivity index (χ3v) is 5.41. The minimum Gasteiger partial charge on any atom is -0.492 e. The third-order valence-electron chi connectivity index (χ3n) is 5.41. The highest BCUT2D eigenvalue weighted by atomic mass is 16.6. The number of likely N-dealkylation sites (N-methyl/N-ethyl adjacent to an activating group) is 1. The van der Waals surface area contributed by atoms with E-state index >= 15 is 0 Å². The minimum absolute atomic E-state index is 0.187. The van der Waals surface area contributed by atoms with Crippen LogP contribution in [-0.2, 0) is 16.1 Å². The molecule has 2 aromatic carbocycles. The molecule has 0 saturated carbocycles. The first-order valence-electron chi connectivity index (χ1n) is 10.8. The number of fused-ring (bicyclic) bond motifs is 1. The number of ether oxygens (including phenoxy) is 2. The lowest BCUT2D eigenvalue weighted by molar-refractivity contribution is -0.384. The summed E-state index contributed by atoms with van der Waals surface area (Å²) in [7, 11) is 0. The summed E-state index contributed by atoms with van der Waals surface area (Å²) in [5.41, 5.74) is 0.832. The first-order valence-corrected chi connectivity index (χ1v) is 10.8. The second-order valence-electron chi connectivity index (χ2n) is 7.44. The Morgan fingerprint density at radius 1 is 1.24 bits per heavy atom. The van der Waals surface area contributed by atoms with Gasteiger partial charge < -0.3 is 19.7 Å². The van der Waals surface area contributed by atoms with Crippen LogP contribution in [0, 0.1) is 10.1 Å². The molecule has 10 heteroatoms. The van der Waals surface area contributed by atoms with E-state index in [1.54, 1.807) is 0 Å². The molecule has 1 heterocycles. The van der Waals surface area contributed by atoms with Gasteiger partial charge in [-0.25, -0.2) is 0 Å². The minimum atomic E-state index is -0.561. The monoisotopic (exact) mass is 456 g/mol. The number of hydrogen-bond acceptors (Lipinski definition) is 7. The summed E-state index contributed by atoms with van der Waals surface area (Å²) >= 11 is 0. The number of amides is 2. The van der Waals surface area contributed by atoms with E-state index in [9.17, 15) is 19.7 Å². The summed E-state index contributed by atoms with van der Waals surface area (Å²) in [6.07, 6.45) is 0. The Morgan fingerprint density at radius 3 is 2.73 bits per heavy atom. The Kier molecular flexibility index (Phi) is 8.20. The van der Waals surface area contributed by atoms with Crippen LogP contribution in [-0.4, -0.2) is 61.0 Å². The topological polar surface area (TPSA) is 114 Å². The van der Waals surface area contributed by atoms with Crippen molar-refractivity contribution in [3.63, 3.8) is 0 Å². The number of nitrogens with zero attached hydrogens (tertiary/aromatic N) is 3. The summed E-state index contributed by atoms with van der Waals surface area (Å²) in [5, 5.41) is 13.9. The molecule has 0 spiro atoms. The van der Waals surface area contributed by atoms with E-state index in [0.717, 1.165) is 25.2 Å². The zero-order valence-electron chi connectivity index (χ0n) is 18.8. The van der Waals surface area contributed by atoms with Crippen LogP contribution < -0.4 is 19.7 Å². The van der Waals surface area contributed by atoms with Crippen LogP contribution in [0.4, 0.5) is 11.4 Å². The molecule has 33 heavy (non-hydrogen) atoms. The lowest BCUT2D eigenvalue weighted by Crippen LogP contribution is -2.45. The van der Waals surface area contributed by atoms with E-state index in [1.807, 2.05) is 24.3 Å². The Bertz CT molecular complexity index is 1010. The standard InChI is InChI=1S/C23H28N4O6/c1-3-25(4-2)11-12-32-20-8-6-5-7-17(20)14-24-22(28)15-26-19-13-18(27(30)31)9-10-21(19)33-16-23(26)29/h5-10,13H,3-4,11-12,14-16H2,1-2H3,(H,24,28). The van der Waals surface area contributed by atoms with Gasteiger partial charge in [-0.1, -0.05) is 32.0 Å². The molecule has 2 aromatic rings. The second kappa shape index (κ2) is 11.3. The average molecular weight is 456 g/mol. The molecule has 0 saturated heterocycles. The lowest BCUT2D eigenvalue weighted by Gasteiger charge is -2.28. The van der Waals surface area contributed by atoms with Gasteiger partial charge in [-0.2, -0.15) is 0 Å². The van der Waals surface area contributed by atoms with Crippen molar-refractivity contribution >= 4 is 23.2 Å². The number of para-hydroxylation sites is 1. The van der Waals surface area contributed by atoms with Crippen LogP contribution in [0.3, 0.4) is 0 Å². The number of nitro groups is 1. The largest absolute Gasteiger partial charge is 0.492 e. The van der Waals surface area contributed by atoms with Crippen LogP contribution in [0.25, 0.3) is 0 Å². The number of nitro benzene ring substituents is 1. The molecule has 0 bridgehead atoms. The van der Waals surface area contributed by atoms with Crippen molar-refractivity contribution in [1.82, 2.24) is 10.2 Å². The van der Waals surface area contributed by atoms with E-state index in [0.29, 0.717) is 18.1 Å². The lowest BCUT2D eigenvalue weighted by atomic mass is 10.2. The van der Waals surface area contributed by atoms with Crippen LogP contribution in [0.2, 0.25) is 0 Å². The third kappa shape index (κ3) is 6.19. The Labute approximate surface area is 192 Å². The maximum Gasteiger partial charge on any atom is 0.271 e. The van der Waals surface area contributed by atoms with E-state index in [4.69, 9.17) is 9.47 Å². The normalized spacial score (nSPS) is 12.8. The zero-order chi connectivity index (χ0) is 23.8. The highest BCUT2D eigenvalue weighted by Crippen LogP contribution is 2.35. The fraction of sp³-hybridized carbons (Fsp3) is 0.391. The molecular formula is C23H28N4O6. The van der Waals surface area contributed by atoms with Crippen molar-refractivity contribution in [1.29, 1.82) is 0 Å². The number of hydrogen-bond donors (Lipinski definition) is 1. The van der Waals surface area contributed by atoms with Crippen molar-refractivity contribution in [3.8, 4) is 11.5 Å². The number of nitrogens with one attached hydrogen (secondary N) is 1. The number of non-ortho nitro benzene ring substituents is 1. The maximum absolute atomic E-state index is 12.6. The second-order valence-corrected chi connectivity index (χ2v) is 7.44. The quantitative estimate of drug-likeness (QED) is 0.408. The molecule has 1 aliphatic rings. The Balaban J connectivity index is 1.62. The van der Waals surface area contributed by atoms with E-state index in [1.165, 1.54) is 23.1 Å². The molecule has 0 radical (unpaired) electrons. The number of carbonyl (C=O) groups excluding carboxylic acids is 2. The van der Waals surface area contributed by atoms with Crippen molar-refractivity contribution in [3.05, 3.63) is 58.1 Å². The summed E-state index contributed by atoms with van der Waals surface area (Å²) in [4.78, 5) is 39.0. The molecule has 3 rings (SSSR count). The fourth-order valence-electron chi connectivity index (χ4n) is 3.49. The van der Waals surface area contributed by atoms with E-state index in [2.05, 4.69) is 24.1 Å². The molecule has 0 aromatic heterocycles. The van der Waals surface area contributed by atoms with Crippen LogP contribution >= 0.6 is 0 Å². The van der Waals surface area contributed by atoms with E-state index in [-0.39, 0.29) is 31.1 Å². The van der Waals surface area contributed by atoms with Crippen LogP contribution in [0.5, 0.6) is 11.5 Å². The van der Waals surface area contributed by atoms with Crippen LogP contribution in [0.1, 0.15) is 19.4 Å². The van der Waals surface area contributed by atoms with Gasteiger partial charge in [-0.15, -0.1) is 0 Å². The first kappa shape index (κ1) is 24.0. The summed E-state index contributed by atoms with van der Waals surface area (Å²) in [6.45, 7) is 7.14. The predicted octanol–water partition coefficient (Wildman–Crippen LogP) is 2.36. The molecular weight excluding hydrogens is 428 g/mol. The predicted molar refractivity (Wildman–Crippen MR) is 123 cm³/mol. The molecule has 2 amide bonds. The molecule has 1 aliphatic heterocycles. The number of benzene rings is 2. The van der Waals surface area contributed by atoms with Gasteiger partial charge in [0, 0.05) is 30.8 Å². The fourth-order valence-corrected chi connectivity index (χ4v) is 3.49. The van der Waals surface area contributed by atoms with Gasteiger partial charge in [-0.3, -0.25) is 24.6 Å². The number of rotatable bonds is 11. The summed E-state index contributed by atoms with van der Waals surface area (Å²) in [5.74, 6) is 0.159. The molecule has 1 N–H and O–H groups in total. The smallest absolute Gasteiger partial charge is 0.271 e. The number of anilines is 1. The van der Waals surface area contributed by atoms with Crippen molar-refractivity contribution < 1.29 is 24.0 Å². The molecule has 10 nitrogen and oxygen atoms in total. The van der Waals surface area contributed by atoms with Crippen molar-refractivity contribution in [2.75, 3.05) is 44.3 Å². The SMILES string of the molecule is CCN(CC)CCOc1ccccc1CNC(=O)CN1C(=O)COc2ccc([N+](=O)[O-])cc21. The molecule has 176 valence electrons. The summed E-state index contributed by atoms with van der Waals surface area (Å²) in [6, 6.07) is 11.4. The van der Waals surface area contributed by atoms with Gasteiger partial charge in [0.1, 0.15) is 24.7 Å². The average Bonchev–Trinajstić information content (AvgIpc) is 2.82. The van der Waals surface area contributed by atoms with Gasteiger partial charge in [0.05, 0.1) is 10.6 Å². The van der Waals surface area contributed by atoms with Gasteiger partial charge >= 0.3 is 0 Å². The molecule has 0 aliphatic carbocycles. The Hall–Kier alpha value is -3.66. The molecule has 0 unspecified atom stereocenters. The van der Waals surface area contributed by atoms with Gasteiger partial charge in [0.15, 0.2) is 6.61 Å². The zero-order valence-corrected chi connectivity index (χ0v) is 18.8. The highest BCUT2D eigenvalue weighted by molar-refractivity contribution is 6.02. The van der Waals surface area contributed by atoms with Crippen LogP contribution in [0.15, 0.2) is 42.5 Å². The highest BCUT2D eigenvalue weighted by Gasteiger charge is 2.29.